The van der Waals surface area contributed by atoms with Crippen molar-refractivity contribution in [2.45, 2.75) is 66.2 Å². The van der Waals surface area contributed by atoms with Crippen LogP contribution in [0.1, 0.15) is 52.7 Å². The molecule has 1 N–H and O–H groups in total. The monoisotopic (exact) mass is 276 g/mol. The molecule has 20 heavy (non-hydrogen) atoms. The highest BCUT2D eigenvalue weighted by molar-refractivity contribution is 5.27. The number of nitrogens with zero attached hydrogens (tertiary/aromatic N) is 1. The maximum atomic E-state index is 3.59. The Balaban J connectivity index is 2.75. The first kappa shape index (κ1) is 17.2. The summed E-state index contributed by atoms with van der Waals surface area (Å²) in [4.78, 5) is 2.45. The summed E-state index contributed by atoms with van der Waals surface area (Å²) in [5.41, 5.74) is 2.99. The first-order chi connectivity index (χ1) is 9.20. The van der Waals surface area contributed by atoms with Crippen LogP contribution in [0.2, 0.25) is 0 Å². The standard InChI is InChI=1S/C18H32N2/c1-14(2)15(3)20(7)13-17-11-9-8-10-16(17)12-19-18(4,5)6/h8-11,14-15,19H,12-13H2,1-7H3. The molecule has 0 bridgehead atoms. The third-order valence-corrected chi connectivity index (χ3v) is 4.01. The van der Waals surface area contributed by atoms with Gasteiger partial charge in [-0.25, -0.2) is 0 Å². The first-order valence-electron chi connectivity index (χ1n) is 7.73. The minimum atomic E-state index is 0.157. The third-order valence-electron chi connectivity index (χ3n) is 4.01. The zero-order chi connectivity index (χ0) is 15.3. The summed E-state index contributed by atoms with van der Waals surface area (Å²) in [7, 11) is 2.22. The van der Waals surface area contributed by atoms with Gasteiger partial charge in [0, 0.05) is 24.7 Å². The maximum Gasteiger partial charge on any atom is 0.0236 e. The van der Waals surface area contributed by atoms with Crippen LogP contribution in [-0.4, -0.2) is 23.5 Å². The Morgan fingerprint density at radius 1 is 1.05 bits per heavy atom. The van der Waals surface area contributed by atoms with Gasteiger partial charge in [-0.1, -0.05) is 38.1 Å². The van der Waals surface area contributed by atoms with E-state index in [4.69, 9.17) is 0 Å². The maximum absolute atomic E-state index is 3.59. The summed E-state index contributed by atoms with van der Waals surface area (Å²) in [5.74, 6) is 0.680. The fourth-order valence-electron chi connectivity index (χ4n) is 2.17. The summed E-state index contributed by atoms with van der Waals surface area (Å²) in [6, 6.07) is 9.36. The van der Waals surface area contributed by atoms with Gasteiger partial charge in [0.2, 0.25) is 0 Å². The molecule has 1 aromatic carbocycles. The molecule has 0 aliphatic heterocycles. The van der Waals surface area contributed by atoms with Crippen LogP contribution in [0.3, 0.4) is 0 Å². The smallest absolute Gasteiger partial charge is 0.0236 e. The van der Waals surface area contributed by atoms with E-state index < -0.39 is 0 Å². The summed E-state index contributed by atoms with van der Waals surface area (Å²) in [6.07, 6.45) is 0. The fourth-order valence-corrected chi connectivity index (χ4v) is 2.17. The number of hydrogen-bond donors (Lipinski definition) is 1. The Kier molecular flexibility index (Phi) is 6.22. The molecule has 0 saturated carbocycles. The lowest BCUT2D eigenvalue weighted by molar-refractivity contribution is 0.200. The fraction of sp³-hybridized carbons (Fsp3) is 0.667. The van der Waals surface area contributed by atoms with Crippen molar-refractivity contribution in [1.29, 1.82) is 0 Å². The molecule has 1 atom stereocenters. The molecule has 0 fully saturated rings. The second-order valence-corrected chi connectivity index (χ2v) is 7.27. The Hall–Kier alpha value is -0.860. The summed E-state index contributed by atoms with van der Waals surface area (Å²) >= 11 is 0. The van der Waals surface area contributed by atoms with Crippen LogP contribution in [0.4, 0.5) is 0 Å². The molecule has 0 spiro atoms. The van der Waals surface area contributed by atoms with E-state index in [1.54, 1.807) is 0 Å². The lowest BCUT2D eigenvalue weighted by Gasteiger charge is -2.29. The van der Waals surface area contributed by atoms with Gasteiger partial charge in [0.1, 0.15) is 0 Å². The van der Waals surface area contributed by atoms with E-state index >= 15 is 0 Å². The molecule has 0 saturated heterocycles. The Morgan fingerprint density at radius 2 is 1.60 bits per heavy atom. The number of nitrogens with one attached hydrogen (secondary N) is 1. The lowest BCUT2D eigenvalue weighted by Crippen LogP contribution is -2.36. The molecule has 0 aliphatic rings. The highest BCUT2D eigenvalue weighted by Gasteiger charge is 2.15. The van der Waals surface area contributed by atoms with E-state index in [1.165, 1.54) is 11.1 Å². The molecule has 0 amide bonds. The van der Waals surface area contributed by atoms with Gasteiger partial charge in [0.15, 0.2) is 0 Å². The van der Waals surface area contributed by atoms with E-state index in [-0.39, 0.29) is 5.54 Å². The summed E-state index contributed by atoms with van der Waals surface area (Å²) < 4.78 is 0. The van der Waals surface area contributed by atoms with E-state index in [9.17, 15) is 0 Å². The normalized spacial score (nSPS) is 14.1. The van der Waals surface area contributed by atoms with E-state index in [1.807, 2.05) is 0 Å². The molecular weight excluding hydrogens is 244 g/mol. The van der Waals surface area contributed by atoms with Crippen LogP contribution in [0, 0.1) is 5.92 Å². The Morgan fingerprint density at radius 3 is 2.10 bits per heavy atom. The van der Waals surface area contributed by atoms with Gasteiger partial charge >= 0.3 is 0 Å². The number of hydrogen-bond acceptors (Lipinski definition) is 2. The van der Waals surface area contributed by atoms with E-state index in [0.717, 1.165) is 13.1 Å². The van der Waals surface area contributed by atoms with Crippen molar-refractivity contribution < 1.29 is 0 Å². The predicted octanol–water partition coefficient (Wildman–Crippen LogP) is 4.05. The van der Waals surface area contributed by atoms with Crippen molar-refractivity contribution in [3.8, 4) is 0 Å². The highest BCUT2D eigenvalue weighted by Crippen LogP contribution is 2.16. The summed E-state index contributed by atoms with van der Waals surface area (Å²) in [5, 5.41) is 3.59. The topological polar surface area (TPSA) is 15.3 Å². The molecule has 114 valence electrons. The second-order valence-electron chi connectivity index (χ2n) is 7.27. The Labute approximate surface area is 125 Å². The SMILES string of the molecule is CC(C)C(C)N(C)Cc1ccccc1CNC(C)(C)C. The molecule has 1 unspecified atom stereocenters. The summed E-state index contributed by atoms with van der Waals surface area (Å²) in [6.45, 7) is 15.5. The predicted molar refractivity (Wildman–Crippen MR) is 88.8 cm³/mol. The highest BCUT2D eigenvalue weighted by atomic mass is 15.1. The van der Waals surface area contributed by atoms with Crippen molar-refractivity contribution in [3.05, 3.63) is 35.4 Å². The zero-order valence-electron chi connectivity index (χ0n) is 14.3. The first-order valence-corrected chi connectivity index (χ1v) is 7.73. The van der Waals surface area contributed by atoms with E-state index in [2.05, 4.69) is 83.1 Å². The van der Waals surface area contributed by atoms with Crippen LogP contribution < -0.4 is 5.32 Å². The molecule has 0 aromatic heterocycles. The van der Waals surface area contributed by atoms with Crippen LogP contribution in [0.25, 0.3) is 0 Å². The second kappa shape index (κ2) is 7.24. The van der Waals surface area contributed by atoms with Gasteiger partial charge in [-0.2, -0.15) is 0 Å². The quantitative estimate of drug-likeness (QED) is 0.843. The van der Waals surface area contributed by atoms with Gasteiger partial charge in [-0.05, 0) is 51.8 Å². The van der Waals surface area contributed by atoms with Crippen molar-refractivity contribution >= 4 is 0 Å². The van der Waals surface area contributed by atoms with Crippen molar-refractivity contribution in [3.63, 3.8) is 0 Å². The minimum Gasteiger partial charge on any atom is -0.308 e. The minimum absolute atomic E-state index is 0.157. The van der Waals surface area contributed by atoms with Gasteiger partial charge in [-0.15, -0.1) is 0 Å². The molecule has 0 aliphatic carbocycles. The van der Waals surface area contributed by atoms with Crippen molar-refractivity contribution in [2.24, 2.45) is 5.92 Å². The number of rotatable bonds is 6. The van der Waals surface area contributed by atoms with Crippen LogP contribution >= 0.6 is 0 Å². The van der Waals surface area contributed by atoms with Gasteiger partial charge in [0.25, 0.3) is 0 Å². The molecule has 0 radical (unpaired) electrons. The van der Waals surface area contributed by atoms with E-state index in [0.29, 0.717) is 12.0 Å². The number of benzene rings is 1. The molecule has 2 nitrogen and oxygen atoms in total. The van der Waals surface area contributed by atoms with Gasteiger partial charge in [-0.3, -0.25) is 4.90 Å². The van der Waals surface area contributed by atoms with Crippen LogP contribution in [0.15, 0.2) is 24.3 Å². The van der Waals surface area contributed by atoms with Crippen molar-refractivity contribution in [1.82, 2.24) is 10.2 Å². The van der Waals surface area contributed by atoms with Gasteiger partial charge < -0.3 is 5.32 Å². The van der Waals surface area contributed by atoms with Crippen LogP contribution in [0.5, 0.6) is 0 Å². The average molecular weight is 276 g/mol. The molecule has 1 rings (SSSR count). The van der Waals surface area contributed by atoms with Gasteiger partial charge in [0.05, 0.1) is 0 Å². The van der Waals surface area contributed by atoms with Crippen molar-refractivity contribution in [2.75, 3.05) is 7.05 Å². The third kappa shape index (κ3) is 5.64. The Bertz CT molecular complexity index is 404. The van der Waals surface area contributed by atoms with Crippen LogP contribution in [-0.2, 0) is 13.1 Å². The molecule has 1 aromatic rings. The lowest BCUT2D eigenvalue weighted by atomic mass is 10.0. The largest absolute Gasteiger partial charge is 0.308 e. The zero-order valence-corrected chi connectivity index (χ0v) is 14.3. The average Bonchev–Trinajstić information content (AvgIpc) is 2.35. The molecule has 2 heteroatoms. The molecule has 0 heterocycles. The molecular formula is C18H32N2.